The molecule has 0 aromatic carbocycles. The van der Waals surface area contributed by atoms with Crippen LogP contribution in [0, 0.1) is 0 Å². The highest BCUT2D eigenvalue weighted by molar-refractivity contribution is 5.82. The predicted molar refractivity (Wildman–Crippen MR) is 43.5 cm³/mol. The molecule has 12 heavy (non-hydrogen) atoms. The number of hydrogen-bond acceptors (Lipinski definition) is 4. The van der Waals surface area contributed by atoms with E-state index in [1.54, 1.807) is 6.92 Å². The summed E-state index contributed by atoms with van der Waals surface area (Å²) in [4.78, 5) is 10.9. The molecule has 0 aromatic rings. The lowest BCUT2D eigenvalue weighted by Crippen LogP contribution is -2.29. The smallest absolute Gasteiger partial charge is 0.332 e. The molecule has 0 amide bonds. The Morgan fingerprint density at radius 1 is 1.83 bits per heavy atom. The molecule has 4 heteroatoms. The van der Waals surface area contributed by atoms with Crippen molar-refractivity contribution in [3.05, 3.63) is 11.8 Å². The maximum atomic E-state index is 10.9. The lowest BCUT2D eigenvalue weighted by atomic mass is 10.3. The average Bonchev–Trinajstić information content (AvgIpc) is 2.06. The van der Waals surface area contributed by atoms with Crippen LogP contribution in [0.4, 0.5) is 0 Å². The molecule has 68 valence electrons. The molecule has 0 radical (unpaired) electrons. The minimum atomic E-state index is -0.314. The highest BCUT2D eigenvalue weighted by Crippen LogP contribution is 1.97. The molecule has 0 saturated carbocycles. The summed E-state index contributed by atoms with van der Waals surface area (Å²) in [5.41, 5.74) is 0.791. The zero-order valence-corrected chi connectivity index (χ0v) is 7.13. The van der Waals surface area contributed by atoms with Crippen LogP contribution in [-0.2, 0) is 14.3 Å². The summed E-state index contributed by atoms with van der Waals surface area (Å²) >= 11 is 0. The van der Waals surface area contributed by atoms with Crippen LogP contribution in [-0.4, -0.2) is 32.3 Å². The minimum absolute atomic E-state index is 0.314. The van der Waals surface area contributed by atoms with Gasteiger partial charge in [0.05, 0.1) is 19.8 Å². The molecule has 0 atom stereocenters. The van der Waals surface area contributed by atoms with E-state index in [4.69, 9.17) is 9.47 Å². The van der Waals surface area contributed by atoms with Gasteiger partial charge < -0.3 is 14.8 Å². The Morgan fingerprint density at radius 2 is 2.67 bits per heavy atom. The van der Waals surface area contributed by atoms with Gasteiger partial charge in [-0.2, -0.15) is 0 Å². The molecule has 1 saturated heterocycles. The van der Waals surface area contributed by atoms with Crippen molar-refractivity contribution in [1.82, 2.24) is 5.32 Å². The van der Waals surface area contributed by atoms with Gasteiger partial charge in [-0.15, -0.1) is 0 Å². The molecule has 1 N–H and O–H groups in total. The van der Waals surface area contributed by atoms with Gasteiger partial charge in [0, 0.05) is 18.3 Å². The first kappa shape index (κ1) is 9.06. The zero-order chi connectivity index (χ0) is 8.81. The van der Waals surface area contributed by atoms with Crippen LogP contribution < -0.4 is 5.32 Å². The van der Waals surface area contributed by atoms with Crippen LogP contribution >= 0.6 is 0 Å². The fourth-order valence-corrected chi connectivity index (χ4v) is 0.936. The van der Waals surface area contributed by atoms with E-state index in [1.165, 1.54) is 6.08 Å². The average molecular weight is 171 g/mol. The van der Waals surface area contributed by atoms with E-state index >= 15 is 0 Å². The molecule has 1 aliphatic rings. The summed E-state index contributed by atoms with van der Waals surface area (Å²) in [7, 11) is 0. The van der Waals surface area contributed by atoms with Crippen LogP contribution in [0.3, 0.4) is 0 Å². The van der Waals surface area contributed by atoms with Crippen molar-refractivity contribution >= 4 is 5.97 Å². The van der Waals surface area contributed by atoms with Gasteiger partial charge in [-0.3, -0.25) is 0 Å². The van der Waals surface area contributed by atoms with Crippen molar-refractivity contribution in [2.75, 3.05) is 26.4 Å². The topological polar surface area (TPSA) is 47.6 Å². The second-order valence-electron chi connectivity index (χ2n) is 2.40. The fraction of sp³-hybridized carbons (Fsp3) is 0.625. The highest BCUT2D eigenvalue weighted by Gasteiger charge is 2.06. The molecule has 0 bridgehead atoms. The zero-order valence-electron chi connectivity index (χ0n) is 7.13. The number of nitrogens with one attached hydrogen (secondary N) is 1. The standard InChI is InChI=1S/C8H13NO3/c1-2-12-8(10)5-7-6-11-4-3-9-7/h5,9H,2-4,6H2,1H3/b7-5-. The Labute approximate surface area is 71.5 Å². The van der Waals surface area contributed by atoms with Crippen LogP contribution in [0.1, 0.15) is 6.92 Å². The monoisotopic (exact) mass is 171 g/mol. The third-order valence-electron chi connectivity index (χ3n) is 1.43. The van der Waals surface area contributed by atoms with Gasteiger partial charge in [0.2, 0.25) is 0 Å². The van der Waals surface area contributed by atoms with Crippen molar-refractivity contribution < 1.29 is 14.3 Å². The first-order valence-electron chi connectivity index (χ1n) is 4.02. The number of esters is 1. The number of rotatable bonds is 2. The Hall–Kier alpha value is -1.03. The molecule has 0 aromatic heterocycles. The molecule has 0 spiro atoms. The quantitative estimate of drug-likeness (QED) is 0.471. The van der Waals surface area contributed by atoms with Gasteiger partial charge >= 0.3 is 5.97 Å². The maximum Gasteiger partial charge on any atom is 0.332 e. The summed E-state index contributed by atoms with van der Waals surface area (Å²) in [6, 6.07) is 0. The maximum absolute atomic E-state index is 10.9. The molecule has 1 fully saturated rings. The summed E-state index contributed by atoms with van der Waals surface area (Å²) in [6.45, 7) is 4.11. The Bertz CT molecular complexity index is 181. The van der Waals surface area contributed by atoms with Crippen molar-refractivity contribution in [1.29, 1.82) is 0 Å². The molecule has 0 unspecified atom stereocenters. The predicted octanol–water partition coefficient (Wildman–Crippen LogP) is 0.0532. The SMILES string of the molecule is CCOC(=O)/C=C1/COCCN1. The Morgan fingerprint density at radius 3 is 3.25 bits per heavy atom. The summed E-state index contributed by atoms with van der Waals surface area (Å²) in [6.07, 6.45) is 1.43. The Kier molecular flexibility index (Phi) is 3.60. The molecular weight excluding hydrogens is 158 g/mol. The van der Waals surface area contributed by atoms with Gasteiger partial charge in [0.15, 0.2) is 0 Å². The third kappa shape index (κ3) is 2.92. The van der Waals surface area contributed by atoms with Crippen LogP contribution in [0.15, 0.2) is 11.8 Å². The number of carbonyl (C=O) groups excluding carboxylic acids is 1. The van der Waals surface area contributed by atoms with Gasteiger partial charge in [-0.05, 0) is 6.92 Å². The van der Waals surface area contributed by atoms with Gasteiger partial charge in [0.25, 0.3) is 0 Å². The van der Waals surface area contributed by atoms with Gasteiger partial charge in [-0.25, -0.2) is 4.79 Å². The fourth-order valence-electron chi connectivity index (χ4n) is 0.936. The van der Waals surface area contributed by atoms with E-state index in [2.05, 4.69) is 5.32 Å². The molecule has 1 aliphatic heterocycles. The molecular formula is C8H13NO3. The van der Waals surface area contributed by atoms with Crippen molar-refractivity contribution in [2.45, 2.75) is 6.92 Å². The number of hydrogen-bond donors (Lipinski definition) is 1. The summed E-state index contributed by atoms with van der Waals surface area (Å²) < 4.78 is 9.86. The van der Waals surface area contributed by atoms with E-state index in [0.29, 0.717) is 19.8 Å². The number of ether oxygens (including phenoxy) is 2. The van der Waals surface area contributed by atoms with E-state index in [0.717, 1.165) is 12.2 Å². The second-order valence-corrected chi connectivity index (χ2v) is 2.40. The normalized spacial score (nSPS) is 20.2. The first-order chi connectivity index (χ1) is 5.83. The lowest BCUT2D eigenvalue weighted by molar-refractivity contribution is -0.137. The van der Waals surface area contributed by atoms with E-state index in [-0.39, 0.29) is 5.97 Å². The van der Waals surface area contributed by atoms with Crippen molar-refractivity contribution in [2.24, 2.45) is 0 Å². The van der Waals surface area contributed by atoms with Crippen LogP contribution in [0.25, 0.3) is 0 Å². The summed E-state index contributed by atoms with van der Waals surface area (Å²) in [5.74, 6) is -0.314. The van der Waals surface area contributed by atoms with Gasteiger partial charge in [-0.1, -0.05) is 0 Å². The van der Waals surface area contributed by atoms with E-state index in [9.17, 15) is 4.79 Å². The molecule has 4 nitrogen and oxygen atoms in total. The van der Waals surface area contributed by atoms with Gasteiger partial charge in [0.1, 0.15) is 0 Å². The Balaban J connectivity index is 2.37. The number of morpholine rings is 1. The summed E-state index contributed by atoms with van der Waals surface area (Å²) in [5, 5.41) is 3.04. The van der Waals surface area contributed by atoms with E-state index < -0.39 is 0 Å². The van der Waals surface area contributed by atoms with Crippen molar-refractivity contribution in [3.8, 4) is 0 Å². The minimum Gasteiger partial charge on any atom is -0.463 e. The molecule has 1 rings (SSSR count). The molecule has 1 heterocycles. The first-order valence-corrected chi connectivity index (χ1v) is 4.02. The van der Waals surface area contributed by atoms with Crippen LogP contribution in [0.5, 0.6) is 0 Å². The largest absolute Gasteiger partial charge is 0.463 e. The highest BCUT2D eigenvalue weighted by atomic mass is 16.5. The molecule has 0 aliphatic carbocycles. The van der Waals surface area contributed by atoms with Crippen LogP contribution in [0.2, 0.25) is 0 Å². The van der Waals surface area contributed by atoms with Crippen molar-refractivity contribution in [3.63, 3.8) is 0 Å². The number of carbonyl (C=O) groups is 1. The third-order valence-corrected chi connectivity index (χ3v) is 1.43. The van der Waals surface area contributed by atoms with E-state index in [1.807, 2.05) is 0 Å². The lowest BCUT2D eigenvalue weighted by Gasteiger charge is -2.16. The second kappa shape index (κ2) is 4.77.